The van der Waals surface area contributed by atoms with Crippen molar-refractivity contribution in [3.63, 3.8) is 0 Å². The topological polar surface area (TPSA) is 59.9 Å². The standard InChI is InChI=1S/C18H20N2O3S/c1-22-16-8-6-14(7-9-16)12-24-13-18(21)20-19-11-15-4-3-5-17(10-15)23-2/h3-11H,12-13H2,1-2H3,(H,20,21)/b19-11+. The molecule has 0 saturated heterocycles. The number of ether oxygens (including phenoxy) is 2. The highest BCUT2D eigenvalue weighted by Gasteiger charge is 2.01. The van der Waals surface area contributed by atoms with E-state index in [2.05, 4.69) is 10.5 Å². The summed E-state index contributed by atoms with van der Waals surface area (Å²) in [6.07, 6.45) is 1.59. The predicted octanol–water partition coefficient (Wildman–Crippen LogP) is 3.09. The number of hydrogen-bond acceptors (Lipinski definition) is 5. The number of nitrogens with one attached hydrogen (secondary N) is 1. The van der Waals surface area contributed by atoms with Crippen molar-refractivity contribution in [2.75, 3.05) is 20.0 Å². The maximum atomic E-state index is 11.8. The van der Waals surface area contributed by atoms with E-state index >= 15 is 0 Å². The lowest BCUT2D eigenvalue weighted by molar-refractivity contribution is -0.118. The molecule has 24 heavy (non-hydrogen) atoms. The van der Waals surface area contributed by atoms with Gasteiger partial charge in [0.15, 0.2) is 0 Å². The Morgan fingerprint density at radius 1 is 1.12 bits per heavy atom. The van der Waals surface area contributed by atoms with Gasteiger partial charge in [-0.25, -0.2) is 5.43 Å². The van der Waals surface area contributed by atoms with Crippen LogP contribution >= 0.6 is 11.8 Å². The van der Waals surface area contributed by atoms with Gasteiger partial charge < -0.3 is 9.47 Å². The number of thioether (sulfide) groups is 1. The number of carbonyl (C=O) groups is 1. The molecule has 0 bridgehead atoms. The third-order valence-electron chi connectivity index (χ3n) is 3.16. The SMILES string of the molecule is COc1ccc(CSCC(=O)N/N=C/c2cccc(OC)c2)cc1. The van der Waals surface area contributed by atoms with Gasteiger partial charge in [-0.05, 0) is 35.4 Å². The van der Waals surface area contributed by atoms with E-state index in [-0.39, 0.29) is 5.91 Å². The molecule has 6 heteroatoms. The van der Waals surface area contributed by atoms with Gasteiger partial charge >= 0.3 is 0 Å². The minimum atomic E-state index is -0.132. The Balaban J connectivity index is 1.71. The maximum Gasteiger partial charge on any atom is 0.250 e. The Hall–Kier alpha value is -2.47. The van der Waals surface area contributed by atoms with E-state index in [0.29, 0.717) is 5.75 Å². The number of carbonyl (C=O) groups excluding carboxylic acids is 1. The summed E-state index contributed by atoms with van der Waals surface area (Å²) in [5.41, 5.74) is 4.53. The highest BCUT2D eigenvalue weighted by atomic mass is 32.2. The third kappa shape index (κ3) is 5.96. The monoisotopic (exact) mass is 344 g/mol. The van der Waals surface area contributed by atoms with Crippen LogP contribution in [0.4, 0.5) is 0 Å². The van der Waals surface area contributed by atoms with Crippen LogP contribution in [0.3, 0.4) is 0 Å². The number of amides is 1. The summed E-state index contributed by atoms with van der Waals surface area (Å²) in [6, 6.07) is 15.3. The van der Waals surface area contributed by atoms with Crippen LogP contribution in [0.2, 0.25) is 0 Å². The predicted molar refractivity (Wildman–Crippen MR) is 97.9 cm³/mol. The van der Waals surface area contributed by atoms with Gasteiger partial charge in [0.1, 0.15) is 11.5 Å². The smallest absolute Gasteiger partial charge is 0.250 e. The summed E-state index contributed by atoms with van der Waals surface area (Å²) in [5, 5.41) is 3.96. The first-order chi connectivity index (χ1) is 11.7. The molecule has 0 aliphatic rings. The van der Waals surface area contributed by atoms with Crippen molar-refractivity contribution < 1.29 is 14.3 Å². The Kier molecular flexibility index (Phi) is 7.17. The van der Waals surface area contributed by atoms with Crippen molar-refractivity contribution in [1.29, 1.82) is 0 Å². The number of methoxy groups -OCH3 is 2. The fraction of sp³-hybridized carbons (Fsp3) is 0.222. The highest BCUT2D eigenvalue weighted by Crippen LogP contribution is 2.16. The van der Waals surface area contributed by atoms with E-state index in [4.69, 9.17) is 9.47 Å². The Morgan fingerprint density at radius 3 is 2.58 bits per heavy atom. The normalized spacial score (nSPS) is 10.6. The van der Waals surface area contributed by atoms with Crippen LogP contribution in [0, 0.1) is 0 Å². The largest absolute Gasteiger partial charge is 0.497 e. The van der Waals surface area contributed by atoms with Crippen LogP contribution in [0.1, 0.15) is 11.1 Å². The first-order valence-electron chi connectivity index (χ1n) is 7.38. The van der Waals surface area contributed by atoms with Crippen LogP contribution in [0.5, 0.6) is 11.5 Å². The second-order valence-electron chi connectivity index (χ2n) is 4.91. The Labute approximate surface area is 146 Å². The highest BCUT2D eigenvalue weighted by molar-refractivity contribution is 7.99. The lowest BCUT2D eigenvalue weighted by Crippen LogP contribution is -2.19. The minimum Gasteiger partial charge on any atom is -0.497 e. The molecule has 2 rings (SSSR count). The molecule has 0 atom stereocenters. The summed E-state index contributed by atoms with van der Waals surface area (Å²) in [7, 11) is 3.25. The van der Waals surface area contributed by atoms with Crippen LogP contribution in [-0.4, -0.2) is 32.1 Å². The molecular formula is C18H20N2O3S. The Morgan fingerprint density at radius 2 is 1.88 bits per heavy atom. The minimum absolute atomic E-state index is 0.132. The first-order valence-corrected chi connectivity index (χ1v) is 8.53. The molecule has 0 spiro atoms. The second kappa shape index (κ2) is 9.62. The van der Waals surface area contributed by atoms with Crippen molar-refractivity contribution >= 4 is 23.9 Å². The fourth-order valence-electron chi connectivity index (χ4n) is 1.92. The van der Waals surface area contributed by atoms with Crippen LogP contribution in [-0.2, 0) is 10.5 Å². The lowest BCUT2D eigenvalue weighted by Gasteiger charge is -2.03. The zero-order chi connectivity index (χ0) is 17.2. The maximum absolute atomic E-state index is 11.8. The van der Waals surface area contributed by atoms with Crippen molar-refractivity contribution in [2.45, 2.75) is 5.75 Å². The molecule has 2 aromatic rings. The molecule has 5 nitrogen and oxygen atoms in total. The van der Waals surface area contributed by atoms with Gasteiger partial charge in [-0.2, -0.15) is 5.10 Å². The molecule has 2 aromatic carbocycles. The van der Waals surface area contributed by atoms with Gasteiger partial charge in [0.25, 0.3) is 0 Å². The molecule has 0 fully saturated rings. The zero-order valence-corrected chi connectivity index (χ0v) is 14.5. The summed E-state index contributed by atoms with van der Waals surface area (Å²) >= 11 is 1.53. The quantitative estimate of drug-likeness (QED) is 0.590. The summed E-state index contributed by atoms with van der Waals surface area (Å²) in [4.78, 5) is 11.8. The van der Waals surface area contributed by atoms with E-state index in [9.17, 15) is 4.79 Å². The molecule has 126 valence electrons. The van der Waals surface area contributed by atoms with E-state index in [0.717, 1.165) is 28.4 Å². The summed E-state index contributed by atoms with van der Waals surface area (Å²) < 4.78 is 10.2. The van der Waals surface area contributed by atoms with E-state index in [1.165, 1.54) is 11.8 Å². The molecule has 0 aliphatic heterocycles. The molecule has 0 radical (unpaired) electrons. The zero-order valence-electron chi connectivity index (χ0n) is 13.7. The molecule has 0 saturated carbocycles. The van der Waals surface area contributed by atoms with Gasteiger partial charge in [-0.3, -0.25) is 4.79 Å². The van der Waals surface area contributed by atoms with Crippen LogP contribution in [0.15, 0.2) is 53.6 Å². The average Bonchev–Trinajstić information content (AvgIpc) is 2.62. The number of rotatable bonds is 8. The van der Waals surface area contributed by atoms with Crippen molar-refractivity contribution in [1.82, 2.24) is 5.43 Å². The summed E-state index contributed by atoms with van der Waals surface area (Å²) in [6.45, 7) is 0. The van der Waals surface area contributed by atoms with Gasteiger partial charge in [0, 0.05) is 5.75 Å². The van der Waals surface area contributed by atoms with E-state index in [1.54, 1.807) is 20.4 Å². The number of benzene rings is 2. The molecule has 0 heterocycles. The van der Waals surface area contributed by atoms with Gasteiger partial charge in [0.05, 0.1) is 26.2 Å². The molecular weight excluding hydrogens is 324 g/mol. The van der Waals surface area contributed by atoms with Crippen molar-refractivity contribution in [3.05, 3.63) is 59.7 Å². The van der Waals surface area contributed by atoms with Gasteiger partial charge in [0.2, 0.25) is 5.91 Å². The molecule has 1 N–H and O–H groups in total. The number of hydrazone groups is 1. The van der Waals surface area contributed by atoms with Crippen LogP contribution < -0.4 is 14.9 Å². The second-order valence-corrected chi connectivity index (χ2v) is 5.90. The first kappa shape index (κ1) is 17.9. The molecule has 0 aliphatic carbocycles. The van der Waals surface area contributed by atoms with Gasteiger partial charge in [-0.1, -0.05) is 24.3 Å². The number of nitrogens with zero attached hydrogens (tertiary/aromatic N) is 1. The van der Waals surface area contributed by atoms with Crippen molar-refractivity contribution in [2.24, 2.45) is 5.10 Å². The third-order valence-corrected chi connectivity index (χ3v) is 4.16. The average molecular weight is 344 g/mol. The van der Waals surface area contributed by atoms with E-state index < -0.39 is 0 Å². The van der Waals surface area contributed by atoms with Crippen molar-refractivity contribution in [3.8, 4) is 11.5 Å². The van der Waals surface area contributed by atoms with Crippen LogP contribution in [0.25, 0.3) is 0 Å². The summed E-state index contributed by atoms with van der Waals surface area (Å²) in [5.74, 6) is 2.56. The molecule has 0 aromatic heterocycles. The molecule has 0 unspecified atom stereocenters. The lowest BCUT2D eigenvalue weighted by atomic mass is 10.2. The molecule has 1 amide bonds. The van der Waals surface area contributed by atoms with Gasteiger partial charge in [-0.15, -0.1) is 11.8 Å². The fourth-order valence-corrected chi connectivity index (χ4v) is 2.70. The Bertz CT molecular complexity index is 687. The van der Waals surface area contributed by atoms with E-state index in [1.807, 2.05) is 48.5 Å². The number of hydrogen-bond donors (Lipinski definition) is 1.